The smallest absolute Gasteiger partial charge is 0.247 e. The number of benzene rings is 2. The standard InChI is InChI=1S/C19H18F2N2O2/c1-12-2-4-13(5-3-12)11-23-17(8-9-18(23)24)19(25)22-16-10-14(20)6-7-15(16)21/h2-7,10,17H,8-9,11H2,1H3,(H,22,25). The summed E-state index contributed by atoms with van der Waals surface area (Å²) >= 11 is 0. The molecule has 3 rings (SSSR count). The second kappa shape index (κ2) is 7.01. The van der Waals surface area contributed by atoms with Crippen LogP contribution in [0.1, 0.15) is 24.0 Å². The van der Waals surface area contributed by atoms with Crippen molar-refractivity contribution in [3.63, 3.8) is 0 Å². The number of hydrogen-bond donors (Lipinski definition) is 1. The van der Waals surface area contributed by atoms with E-state index >= 15 is 0 Å². The molecule has 130 valence electrons. The Morgan fingerprint density at radius 3 is 2.64 bits per heavy atom. The molecule has 0 aromatic heterocycles. The van der Waals surface area contributed by atoms with Gasteiger partial charge < -0.3 is 10.2 Å². The quantitative estimate of drug-likeness (QED) is 0.924. The van der Waals surface area contributed by atoms with Crippen LogP contribution in [-0.2, 0) is 16.1 Å². The molecule has 0 saturated carbocycles. The van der Waals surface area contributed by atoms with E-state index in [4.69, 9.17) is 0 Å². The first kappa shape index (κ1) is 17.1. The van der Waals surface area contributed by atoms with E-state index in [2.05, 4.69) is 5.32 Å². The van der Waals surface area contributed by atoms with Gasteiger partial charge in [0.15, 0.2) is 0 Å². The summed E-state index contributed by atoms with van der Waals surface area (Å²) in [6.45, 7) is 2.28. The third kappa shape index (κ3) is 3.84. The Morgan fingerprint density at radius 2 is 1.92 bits per heavy atom. The van der Waals surface area contributed by atoms with Crippen LogP contribution in [0, 0.1) is 18.6 Å². The minimum atomic E-state index is -0.718. The maximum Gasteiger partial charge on any atom is 0.247 e. The van der Waals surface area contributed by atoms with Crippen LogP contribution in [0.25, 0.3) is 0 Å². The highest BCUT2D eigenvalue weighted by molar-refractivity contribution is 5.99. The Bertz CT molecular complexity index is 806. The molecular weight excluding hydrogens is 326 g/mol. The van der Waals surface area contributed by atoms with Crippen LogP contribution in [0.3, 0.4) is 0 Å². The minimum absolute atomic E-state index is 0.125. The van der Waals surface area contributed by atoms with Crippen molar-refractivity contribution in [2.75, 3.05) is 5.32 Å². The predicted octanol–water partition coefficient (Wildman–Crippen LogP) is 3.40. The van der Waals surface area contributed by atoms with Crippen molar-refractivity contribution < 1.29 is 18.4 Å². The Labute approximate surface area is 144 Å². The van der Waals surface area contributed by atoms with Crippen molar-refractivity contribution in [1.29, 1.82) is 0 Å². The van der Waals surface area contributed by atoms with E-state index in [0.29, 0.717) is 13.0 Å². The molecule has 0 spiro atoms. The van der Waals surface area contributed by atoms with Crippen LogP contribution in [-0.4, -0.2) is 22.8 Å². The summed E-state index contributed by atoms with van der Waals surface area (Å²) < 4.78 is 27.0. The Balaban J connectivity index is 1.75. The summed E-state index contributed by atoms with van der Waals surface area (Å²) in [6, 6.07) is 9.85. The number of likely N-dealkylation sites (tertiary alicyclic amines) is 1. The molecule has 1 fully saturated rings. The molecule has 6 heteroatoms. The molecule has 2 amide bonds. The summed E-state index contributed by atoms with van der Waals surface area (Å²) in [7, 11) is 0. The van der Waals surface area contributed by atoms with Gasteiger partial charge in [0.05, 0.1) is 5.69 Å². The van der Waals surface area contributed by atoms with Gasteiger partial charge in [-0.1, -0.05) is 29.8 Å². The van der Waals surface area contributed by atoms with Gasteiger partial charge in [0, 0.05) is 19.0 Å². The zero-order valence-electron chi connectivity index (χ0n) is 13.8. The lowest BCUT2D eigenvalue weighted by molar-refractivity contribution is -0.133. The number of rotatable bonds is 4. The molecule has 0 bridgehead atoms. The minimum Gasteiger partial charge on any atom is -0.326 e. The highest BCUT2D eigenvalue weighted by atomic mass is 19.1. The second-order valence-electron chi connectivity index (χ2n) is 6.18. The SMILES string of the molecule is Cc1ccc(CN2C(=O)CCC2C(=O)Nc2cc(F)ccc2F)cc1. The van der Waals surface area contributed by atoms with Crippen LogP contribution in [0.5, 0.6) is 0 Å². The van der Waals surface area contributed by atoms with Gasteiger partial charge in [-0.15, -0.1) is 0 Å². The Kier molecular flexibility index (Phi) is 4.79. The fourth-order valence-corrected chi connectivity index (χ4v) is 2.90. The lowest BCUT2D eigenvalue weighted by Crippen LogP contribution is -2.41. The van der Waals surface area contributed by atoms with Crippen molar-refractivity contribution in [2.45, 2.75) is 32.4 Å². The first-order valence-electron chi connectivity index (χ1n) is 8.05. The number of anilines is 1. The number of aryl methyl sites for hydroxylation is 1. The van der Waals surface area contributed by atoms with Crippen LogP contribution in [0.15, 0.2) is 42.5 Å². The van der Waals surface area contributed by atoms with Crippen LogP contribution < -0.4 is 5.32 Å². The molecule has 1 unspecified atom stereocenters. The normalized spacial score (nSPS) is 17.0. The van der Waals surface area contributed by atoms with E-state index in [9.17, 15) is 18.4 Å². The van der Waals surface area contributed by atoms with Gasteiger partial charge in [-0.2, -0.15) is 0 Å². The molecule has 0 radical (unpaired) electrons. The molecular formula is C19H18F2N2O2. The van der Waals surface area contributed by atoms with Gasteiger partial charge >= 0.3 is 0 Å². The van der Waals surface area contributed by atoms with E-state index < -0.39 is 23.6 Å². The molecule has 1 heterocycles. The maximum atomic E-state index is 13.7. The van der Waals surface area contributed by atoms with Gasteiger partial charge in [0.25, 0.3) is 0 Å². The van der Waals surface area contributed by atoms with E-state index in [1.54, 1.807) is 0 Å². The highest BCUT2D eigenvalue weighted by Crippen LogP contribution is 2.24. The Hall–Kier alpha value is -2.76. The van der Waals surface area contributed by atoms with Gasteiger partial charge in [0.2, 0.25) is 11.8 Å². The molecule has 0 aliphatic carbocycles. The fraction of sp³-hybridized carbons (Fsp3) is 0.263. The average Bonchev–Trinajstić information content (AvgIpc) is 2.94. The van der Waals surface area contributed by atoms with Crippen molar-refractivity contribution in [2.24, 2.45) is 0 Å². The van der Waals surface area contributed by atoms with Crippen LogP contribution in [0.4, 0.5) is 14.5 Å². The fourth-order valence-electron chi connectivity index (χ4n) is 2.90. The van der Waals surface area contributed by atoms with Crippen molar-refractivity contribution in [1.82, 2.24) is 4.90 Å². The van der Waals surface area contributed by atoms with E-state index in [1.165, 1.54) is 4.90 Å². The summed E-state index contributed by atoms with van der Waals surface area (Å²) in [4.78, 5) is 26.1. The van der Waals surface area contributed by atoms with Crippen LogP contribution >= 0.6 is 0 Å². The first-order valence-corrected chi connectivity index (χ1v) is 8.05. The van der Waals surface area contributed by atoms with E-state index in [1.807, 2.05) is 31.2 Å². The van der Waals surface area contributed by atoms with Gasteiger partial charge in [-0.25, -0.2) is 8.78 Å². The molecule has 4 nitrogen and oxygen atoms in total. The van der Waals surface area contributed by atoms with Crippen molar-refractivity contribution in [3.05, 3.63) is 65.2 Å². The monoisotopic (exact) mass is 344 g/mol. The van der Waals surface area contributed by atoms with Gasteiger partial charge in [-0.3, -0.25) is 9.59 Å². The second-order valence-corrected chi connectivity index (χ2v) is 6.18. The largest absolute Gasteiger partial charge is 0.326 e. The number of carbonyl (C=O) groups is 2. The third-order valence-corrected chi connectivity index (χ3v) is 4.29. The summed E-state index contributed by atoms with van der Waals surface area (Å²) in [5, 5.41) is 2.39. The maximum absolute atomic E-state index is 13.7. The number of carbonyl (C=O) groups excluding carboxylic acids is 2. The van der Waals surface area contributed by atoms with Gasteiger partial charge in [-0.05, 0) is 31.0 Å². The average molecular weight is 344 g/mol. The van der Waals surface area contributed by atoms with Crippen molar-refractivity contribution in [3.8, 4) is 0 Å². The number of nitrogens with one attached hydrogen (secondary N) is 1. The highest BCUT2D eigenvalue weighted by Gasteiger charge is 2.36. The molecule has 2 aromatic carbocycles. The summed E-state index contributed by atoms with van der Waals surface area (Å²) in [5.74, 6) is -2.00. The lowest BCUT2D eigenvalue weighted by Gasteiger charge is -2.24. The van der Waals surface area contributed by atoms with E-state index in [0.717, 1.165) is 29.3 Å². The Morgan fingerprint density at radius 1 is 1.20 bits per heavy atom. The number of halogens is 2. The van der Waals surface area contributed by atoms with Crippen LogP contribution in [0.2, 0.25) is 0 Å². The molecule has 1 atom stereocenters. The summed E-state index contributed by atoms with van der Waals surface area (Å²) in [6.07, 6.45) is 0.614. The molecule has 2 aromatic rings. The lowest BCUT2D eigenvalue weighted by atomic mass is 10.1. The third-order valence-electron chi connectivity index (χ3n) is 4.29. The topological polar surface area (TPSA) is 49.4 Å². The molecule has 1 saturated heterocycles. The van der Waals surface area contributed by atoms with E-state index in [-0.39, 0.29) is 18.0 Å². The molecule has 1 N–H and O–H groups in total. The summed E-state index contributed by atoms with van der Waals surface area (Å²) in [5.41, 5.74) is 1.79. The zero-order valence-corrected chi connectivity index (χ0v) is 13.8. The predicted molar refractivity (Wildman–Crippen MR) is 89.7 cm³/mol. The van der Waals surface area contributed by atoms with Gasteiger partial charge in [0.1, 0.15) is 17.7 Å². The molecule has 25 heavy (non-hydrogen) atoms. The molecule has 1 aliphatic heterocycles. The number of amides is 2. The number of nitrogens with zero attached hydrogens (tertiary/aromatic N) is 1. The molecule has 1 aliphatic rings. The first-order chi connectivity index (χ1) is 11.9. The van der Waals surface area contributed by atoms with Crippen molar-refractivity contribution >= 4 is 17.5 Å². The number of hydrogen-bond acceptors (Lipinski definition) is 2. The zero-order chi connectivity index (χ0) is 18.0.